The van der Waals surface area contributed by atoms with E-state index in [2.05, 4.69) is 26.5 Å². The van der Waals surface area contributed by atoms with Gasteiger partial charge >= 0.3 is 5.97 Å². The van der Waals surface area contributed by atoms with Crippen molar-refractivity contribution >= 4 is 34.0 Å². The maximum absolute atomic E-state index is 12.2. The average Bonchev–Trinajstić information content (AvgIpc) is 2.80. The first-order valence-electron chi connectivity index (χ1n) is 11.1. The molecule has 2 aromatic carbocycles. The SMILES string of the molecule is CCOC(=O)COc1c(Br)cc(/C=N\NC(=O)CCCc2ccc(OC)cc2C)cc1OCC. The third kappa shape index (κ3) is 8.70. The van der Waals surface area contributed by atoms with Crippen LogP contribution in [0.15, 0.2) is 39.9 Å². The van der Waals surface area contributed by atoms with Crippen molar-refractivity contribution in [3.05, 3.63) is 51.5 Å². The van der Waals surface area contributed by atoms with Gasteiger partial charge in [0.2, 0.25) is 5.91 Å². The van der Waals surface area contributed by atoms with Gasteiger partial charge in [-0.1, -0.05) is 6.07 Å². The number of halogens is 1. The van der Waals surface area contributed by atoms with Crippen LogP contribution in [0.1, 0.15) is 43.4 Å². The molecule has 0 saturated carbocycles. The third-order valence-corrected chi connectivity index (χ3v) is 5.36. The molecular weight excluding hydrogens is 504 g/mol. The van der Waals surface area contributed by atoms with Crippen LogP contribution >= 0.6 is 15.9 Å². The molecule has 0 radical (unpaired) electrons. The Labute approximate surface area is 208 Å². The first-order chi connectivity index (χ1) is 16.4. The number of esters is 1. The van der Waals surface area contributed by atoms with Crippen LogP contribution in [0.3, 0.4) is 0 Å². The molecule has 1 amide bonds. The predicted octanol–water partition coefficient (Wildman–Crippen LogP) is 4.58. The lowest BCUT2D eigenvalue weighted by Crippen LogP contribution is -2.17. The van der Waals surface area contributed by atoms with Gasteiger partial charge in [0, 0.05) is 6.42 Å². The number of aryl methyl sites for hydroxylation is 2. The lowest BCUT2D eigenvalue weighted by Gasteiger charge is -2.14. The number of hydrogen-bond acceptors (Lipinski definition) is 7. The smallest absolute Gasteiger partial charge is 0.344 e. The Hall–Kier alpha value is -3.07. The monoisotopic (exact) mass is 534 g/mol. The molecule has 34 heavy (non-hydrogen) atoms. The van der Waals surface area contributed by atoms with E-state index in [1.165, 1.54) is 11.8 Å². The van der Waals surface area contributed by atoms with E-state index in [4.69, 9.17) is 18.9 Å². The second-order valence-electron chi connectivity index (χ2n) is 7.30. The second-order valence-corrected chi connectivity index (χ2v) is 8.15. The van der Waals surface area contributed by atoms with Crippen LogP contribution in [0.25, 0.3) is 0 Å². The fraction of sp³-hybridized carbons (Fsp3) is 0.400. The van der Waals surface area contributed by atoms with Crippen LogP contribution in [-0.4, -0.2) is 45.0 Å². The van der Waals surface area contributed by atoms with Crippen LogP contribution in [0.4, 0.5) is 0 Å². The molecule has 0 heterocycles. The molecule has 0 aliphatic heterocycles. The summed E-state index contributed by atoms with van der Waals surface area (Å²) in [7, 11) is 1.64. The van der Waals surface area contributed by atoms with Crippen LogP contribution in [0.2, 0.25) is 0 Å². The van der Waals surface area contributed by atoms with E-state index >= 15 is 0 Å². The number of nitrogens with zero attached hydrogens (tertiary/aromatic N) is 1. The second kappa shape index (κ2) is 14.2. The number of nitrogens with one attached hydrogen (secondary N) is 1. The summed E-state index contributed by atoms with van der Waals surface area (Å²) in [6, 6.07) is 9.41. The average molecular weight is 535 g/mol. The zero-order valence-electron chi connectivity index (χ0n) is 20.0. The lowest BCUT2D eigenvalue weighted by molar-refractivity contribution is -0.145. The zero-order chi connectivity index (χ0) is 24.9. The zero-order valence-corrected chi connectivity index (χ0v) is 21.6. The van der Waals surface area contributed by atoms with Crippen molar-refractivity contribution in [3.63, 3.8) is 0 Å². The molecule has 0 unspecified atom stereocenters. The largest absolute Gasteiger partial charge is 0.497 e. The Bertz CT molecular complexity index is 1010. The van der Waals surface area contributed by atoms with Gasteiger partial charge in [-0.05, 0) is 90.5 Å². The summed E-state index contributed by atoms with van der Waals surface area (Å²) in [4.78, 5) is 23.8. The lowest BCUT2D eigenvalue weighted by atomic mass is 10.0. The first-order valence-corrected chi connectivity index (χ1v) is 11.9. The highest BCUT2D eigenvalue weighted by Gasteiger charge is 2.14. The molecular formula is C25H31BrN2O6. The van der Waals surface area contributed by atoms with E-state index in [9.17, 15) is 9.59 Å². The summed E-state index contributed by atoms with van der Waals surface area (Å²) >= 11 is 3.44. The molecule has 1 N–H and O–H groups in total. The Morgan fingerprint density at radius 2 is 1.91 bits per heavy atom. The van der Waals surface area contributed by atoms with Gasteiger partial charge in [0.25, 0.3) is 0 Å². The normalized spacial score (nSPS) is 10.7. The number of hydrazone groups is 1. The summed E-state index contributed by atoms with van der Waals surface area (Å²) in [6.07, 6.45) is 3.39. The van der Waals surface area contributed by atoms with Crippen molar-refractivity contribution in [2.24, 2.45) is 5.10 Å². The summed E-state index contributed by atoms with van der Waals surface area (Å²) in [5.74, 6) is 1.04. The summed E-state index contributed by atoms with van der Waals surface area (Å²) in [6.45, 7) is 6.07. The Morgan fingerprint density at radius 1 is 1.12 bits per heavy atom. The molecule has 0 fully saturated rings. The third-order valence-electron chi connectivity index (χ3n) is 4.77. The maximum Gasteiger partial charge on any atom is 0.344 e. The minimum atomic E-state index is -0.465. The molecule has 0 aromatic heterocycles. The molecule has 2 rings (SSSR count). The highest BCUT2D eigenvalue weighted by Crippen LogP contribution is 2.36. The number of benzene rings is 2. The number of ether oxygens (including phenoxy) is 4. The van der Waals surface area contributed by atoms with Crippen LogP contribution in [0, 0.1) is 6.92 Å². The minimum Gasteiger partial charge on any atom is -0.497 e. The van der Waals surface area contributed by atoms with Crippen molar-refractivity contribution in [2.45, 2.75) is 40.0 Å². The molecule has 184 valence electrons. The number of rotatable bonds is 13. The summed E-state index contributed by atoms with van der Waals surface area (Å²) in [5, 5.41) is 4.05. The molecule has 0 bridgehead atoms. The van der Waals surface area contributed by atoms with Crippen molar-refractivity contribution in [1.29, 1.82) is 0 Å². The Balaban J connectivity index is 1.91. The summed E-state index contributed by atoms with van der Waals surface area (Å²) in [5.41, 5.74) is 5.57. The molecule has 0 spiro atoms. The molecule has 0 atom stereocenters. The van der Waals surface area contributed by atoms with E-state index in [0.717, 1.165) is 17.7 Å². The number of amides is 1. The standard InChI is InChI=1S/C25H31BrN2O6/c1-5-32-22-14-18(13-21(26)25(22)34-16-24(30)33-6-2)15-27-28-23(29)9-7-8-19-10-11-20(31-4)12-17(19)3/h10-15H,5-9,16H2,1-4H3,(H,28,29)/b27-15-. The molecule has 0 aliphatic rings. The van der Waals surface area contributed by atoms with E-state index in [1.807, 2.05) is 32.0 Å². The van der Waals surface area contributed by atoms with E-state index < -0.39 is 5.97 Å². The Kier molecular flexibility index (Phi) is 11.4. The van der Waals surface area contributed by atoms with Gasteiger partial charge in [0.1, 0.15) is 5.75 Å². The highest BCUT2D eigenvalue weighted by molar-refractivity contribution is 9.10. The first kappa shape index (κ1) is 27.2. The Morgan fingerprint density at radius 3 is 2.59 bits per heavy atom. The van der Waals surface area contributed by atoms with Gasteiger partial charge in [-0.25, -0.2) is 10.2 Å². The number of carbonyl (C=O) groups excluding carboxylic acids is 2. The van der Waals surface area contributed by atoms with E-state index in [1.54, 1.807) is 26.2 Å². The molecule has 0 aliphatic carbocycles. The van der Waals surface area contributed by atoms with Gasteiger partial charge in [0.15, 0.2) is 18.1 Å². The van der Waals surface area contributed by atoms with Gasteiger partial charge in [-0.15, -0.1) is 0 Å². The van der Waals surface area contributed by atoms with Gasteiger partial charge < -0.3 is 18.9 Å². The van der Waals surface area contributed by atoms with Crippen LogP contribution in [-0.2, 0) is 20.7 Å². The molecule has 8 nitrogen and oxygen atoms in total. The van der Waals surface area contributed by atoms with E-state index in [0.29, 0.717) is 41.0 Å². The van der Waals surface area contributed by atoms with Gasteiger partial charge in [-0.3, -0.25) is 4.79 Å². The fourth-order valence-corrected chi connectivity index (χ4v) is 3.72. The van der Waals surface area contributed by atoms with Gasteiger partial charge in [0.05, 0.1) is 31.0 Å². The molecule has 9 heteroatoms. The van der Waals surface area contributed by atoms with Crippen LogP contribution in [0.5, 0.6) is 17.2 Å². The minimum absolute atomic E-state index is 0.166. The fourth-order valence-electron chi connectivity index (χ4n) is 3.15. The quantitative estimate of drug-likeness (QED) is 0.229. The van der Waals surface area contributed by atoms with E-state index in [-0.39, 0.29) is 19.1 Å². The van der Waals surface area contributed by atoms with Crippen molar-refractivity contribution in [3.8, 4) is 17.2 Å². The molecule has 0 saturated heterocycles. The van der Waals surface area contributed by atoms with Crippen molar-refractivity contribution in [1.82, 2.24) is 5.43 Å². The number of hydrogen-bond donors (Lipinski definition) is 1. The molecule has 2 aromatic rings. The summed E-state index contributed by atoms with van der Waals surface area (Å²) < 4.78 is 21.9. The van der Waals surface area contributed by atoms with Gasteiger partial charge in [-0.2, -0.15) is 5.10 Å². The van der Waals surface area contributed by atoms with Crippen molar-refractivity contribution < 1.29 is 28.5 Å². The predicted molar refractivity (Wildman–Crippen MR) is 134 cm³/mol. The number of carbonyl (C=O) groups is 2. The van der Waals surface area contributed by atoms with Crippen molar-refractivity contribution in [2.75, 3.05) is 26.9 Å². The maximum atomic E-state index is 12.2. The van der Waals surface area contributed by atoms with Crippen LogP contribution < -0.4 is 19.6 Å². The highest BCUT2D eigenvalue weighted by atomic mass is 79.9. The topological polar surface area (TPSA) is 95.5 Å². The number of methoxy groups -OCH3 is 1.